The van der Waals surface area contributed by atoms with Gasteiger partial charge in [0.15, 0.2) is 0 Å². The molecule has 6 heteroatoms. The Bertz CT molecular complexity index is 859. The minimum atomic E-state index is -0.0907. The third kappa shape index (κ3) is 4.39. The van der Waals surface area contributed by atoms with E-state index in [1.807, 2.05) is 54.7 Å². The molecule has 0 saturated carbocycles. The zero-order valence-electron chi connectivity index (χ0n) is 13.8. The number of hydrogen-bond acceptors (Lipinski definition) is 3. The van der Waals surface area contributed by atoms with E-state index >= 15 is 0 Å². The molecule has 0 unspecified atom stereocenters. The summed E-state index contributed by atoms with van der Waals surface area (Å²) in [7, 11) is 1.63. The van der Waals surface area contributed by atoms with Crippen LogP contribution < -0.4 is 10.1 Å². The maximum absolute atomic E-state index is 12.1. The molecule has 0 spiro atoms. The lowest BCUT2D eigenvalue weighted by Crippen LogP contribution is -2.25. The first-order valence-corrected chi connectivity index (χ1v) is 8.22. The highest BCUT2D eigenvalue weighted by Crippen LogP contribution is 2.16. The fourth-order valence-corrected chi connectivity index (χ4v) is 2.60. The Morgan fingerprint density at radius 1 is 1.16 bits per heavy atom. The van der Waals surface area contributed by atoms with Gasteiger partial charge in [-0.1, -0.05) is 29.8 Å². The lowest BCUT2D eigenvalue weighted by atomic mass is 10.1. The predicted molar refractivity (Wildman–Crippen MR) is 97.1 cm³/mol. The number of carbonyl (C=O) groups is 1. The molecule has 0 aliphatic rings. The number of amides is 1. The van der Waals surface area contributed by atoms with E-state index in [2.05, 4.69) is 10.4 Å². The maximum Gasteiger partial charge on any atom is 0.224 e. The smallest absolute Gasteiger partial charge is 0.224 e. The van der Waals surface area contributed by atoms with Crippen molar-refractivity contribution in [2.24, 2.45) is 0 Å². The molecule has 128 valence electrons. The largest absolute Gasteiger partial charge is 0.497 e. The number of rotatable bonds is 6. The Hall–Kier alpha value is -2.79. The Morgan fingerprint density at radius 2 is 1.92 bits per heavy atom. The van der Waals surface area contributed by atoms with Gasteiger partial charge in [-0.3, -0.25) is 4.79 Å². The van der Waals surface area contributed by atoms with Crippen molar-refractivity contribution in [3.8, 4) is 11.4 Å². The third-order valence-electron chi connectivity index (χ3n) is 3.76. The highest BCUT2D eigenvalue weighted by molar-refractivity contribution is 6.31. The van der Waals surface area contributed by atoms with E-state index in [0.29, 0.717) is 11.6 Å². The van der Waals surface area contributed by atoms with Crippen LogP contribution in [0.2, 0.25) is 5.02 Å². The van der Waals surface area contributed by atoms with E-state index < -0.39 is 0 Å². The van der Waals surface area contributed by atoms with Gasteiger partial charge in [-0.2, -0.15) is 5.10 Å². The van der Waals surface area contributed by atoms with Gasteiger partial charge >= 0.3 is 0 Å². The van der Waals surface area contributed by atoms with Crippen molar-refractivity contribution in [2.45, 2.75) is 13.0 Å². The number of halogens is 1. The van der Waals surface area contributed by atoms with Crippen LogP contribution in [0.3, 0.4) is 0 Å². The van der Waals surface area contributed by atoms with E-state index in [1.165, 1.54) is 0 Å². The van der Waals surface area contributed by atoms with Gasteiger partial charge in [0.25, 0.3) is 0 Å². The predicted octanol–water partition coefficient (Wildman–Crippen LogP) is 3.39. The highest BCUT2D eigenvalue weighted by Gasteiger charge is 2.08. The second kappa shape index (κ2) is 7.85. The van der Waals surface area contributed by atoms with Gasteiger partial charge < -0.3 is 10.1 Å². The van der Waals surface area contributed by atoms with Crippen LogP contribution in [0, 0.1) is 0 Å². The number of hydrogen-bond donors (Lipinski definition) is 1. The second-order valence-electron chi connectivity index (χ2n) is 5.49. The summed E-state index contributed by atoms with van der Waals surface area (Å²) >= 11 is 6.07. The molecule has 0 aliphatic heterocycles. The average molecular weight is 356 g/mol. The number of carbonyl (C=O) groups excluding carboxylic acids is 1. The van der Waals surface area contributed by atoms with E-state index in [4.69, 9.17) is 16.3 Å². The molecule has 1 heterocycles. The standard InChI is InChI=1S/C19H18ClN3O2/c1-25-17-8-6-16(7-9-17)23-11-10-15(22-23)13-21-19(24)12-14-4-2-3-5-18(14)20/h2-11H,12-13H2,1H3,(H,21,24). The molecule has 0 aliphatic carbocycles. The van der Waals surface area contributed by atoms with Crippen LogP contribution in [0.25, 0.3) is 5.69 Å². The van der Waals surface area contributed by atoms with E-state index in [0.717, 1.165) is 22.7 Å². The van der Waals surface area contributed by atoms with Gasteiger partial charge in [0.05, 0.1) is 31.5 Å². The van der Waals surface area contributed by atoms with Gasteiger partial charge in [0.1, 0.15) is 5.75 Å². The molecule has 0 radical (unpaired) electrons. The van der Waals surface area contributed by atoms with Gasteiger partial charge in [-0.25, -0.2) is 4.68 Å². The topological polar surface area (TPSA) is 56.1 Å². The number of ether oxygens (including phenoxy) is 1. The van der Waals surface area contributed by atoms with E-state index in [1.54, 1.807) is 17.9 Å². The van der Waals surface area contributed by atoms with Crippen LogP contribution in [-0.2, 0) is 17.8 Å². The van der Waals surface area contributed by atoms with Crippen molar-refractivity contribution in [2.75, 3.05) is 7.11 Å². The van der Waals surface area contributed by atoms with Crippen LogP contribution in [-0.4, -0.2) is 22.8 Å². The fourth-order valence-electron chi connectivity index (χ4n) is 2.40. The van der Waals surface area contributed by atoms with Crippen LogP contribution >= 0.6 is 11.6 Å². The van der Waals surface area contributed by atoms with Crippen molar-refractivity contribution in [3.63, 3.8) is 0 Å². The summed E-state index contributed by atoms with van der Waals surface area (Å²) in [4.78, 5) is 12.1. The minimum Gasteiger partial charge on any atom is -0.497 e. The lowest BCUT2D eigenvalue weighted by Gasteiger charge is -2.05. The number of methoxy groups -OCH3 is 1. The Labute approximate surface area is 151 Å². The van der Waals surface area contributed by atoms with Crippen molar-refractivity contribution >= 4 is 17.5 Å². The highest BCUT2D eigenvalue weighted by atomic mass is 35.5. The third-order valence-corrected chi connectivity index (χ3v) is 4.13. The minimum absolute atomic E-state index is 0.0907. The quantitative estimate of drug-likeness (QED) is 0.737. The Balaban J connectivity index is 1.58. The molecule has 0 bridgehead atoms. The molecule has 5 nitrogen and oxygen atoms in total. The van der Waals surface area contributed by atoms with Crippen LogP contribution in [0.1, 0.15) is 11.3 Å². The SMILES string of the molecule is COc1ccc(-n2ccc(CNC(=O)Cc3ccccc3Cl)n2)cc1. The van der Waals surface area contributed by atoms with Gasteiger partial charge in [0.2, 0.25) is 5.91 Å². The molecule has 25 heavy (non-hydrogen) atoms. The van der Waals surface area contributed by atoms with Crippen LogP contribution in [0.4, 0.5) is 0 Å². The summed E-state index contributed by atoms with van der Waals surface area (Å²) in [5.74, 6) is 0.704. The fraction of sp³-hybridized carbons (Fsp3) is 0.158. The molecular formula is C19H18ClN3O2. The normalized spacial score (nSPS) is 10.5. The van der Waals surface area contributed by atoms with Crippen LogP contribution in [0.15, 0.2) is 60.8 Å². The van der Waals surface area contributed by atoms with Gasteiger partial charge in [-0.15, -0.1) is 0 Å². The summed E-state index contributed by atoms with van der Waals surface area (Å²) in [5, 5.41) is 7.93. The Morgan fingerprint density at radius 3 is 2.64 bits per heavy atom. The average Bonchev–Trinajstić information content (AvgIpc) is 3.11. The van der Waals surface area contributed by atoms with Crippen molar-refractivity contribution in [3.05, 3.63) is 77.1 Å². The maximum atomic E-state index is 12.1. The first-order valence-electron chi connectivity index (χ1n) is 7.85. The molecule has 1 aromatic heterocycles. The number of aromatic nitrogens is 2. The molecule has 0 saturated heterocycles. The van der Waals surface area contributed by atoms with Gasteiger partial charge in [-0.05, 0) is 42.0 Å². The van der Waals surface area contributed by atoms with E-state index in [-0.39, 0.29) is 12.3 Å². The molecule has 1 amide bonds. The molecule has 1 N–H and O–H groups in total. The lowest BCUT2D eigenvalue weighted by molar-refractivity contribution is -0.120. The summed E-state index contributed by atoms with van der Waals surface area (Å²) in [6, 6.07) is 16.8. The van der Waals surface area contributed by atoms with Crippen molar-refractivity contribution < 1.29 is 9.53 Å². The summed E-state index contributed by atoms with van der Waals surface area (Å²) < 4.78 is 6.90. The second-order valence-corrected chi connectivity index (χ2v) is 5.90. The number of nitrogens with zero attached hydrogens (tertiary/aromatic N) is 2. The van der Waals surface area contributed by atoms with Crippen molar-refractivity contribution in [1.29, 1.82) is 0 Å². The summed E-state index contributed by atoms with van der Waals surface area (Å²) in [6.45, 7) is 0.368. The zero-order chi connectivity index (χ0) is 17.6. The first kappa shape index (κ1) is 17.0. The molecule has 0 atom stereocenters. The number of benzene rings is 2. The van der Waals surface area contributed by atoms with Crippen LogP contribution in [0.5, 0.6) is 5.75 Å². The molecule has 3 aromatic rings. The monoisotopic (exact) mass is 355 g/mol. The number of nitrogens with one attached hydrogen (secondary N) is 1. The summed E-state index contributed by atoms with van der Waals surface area (Å²) in [5.41, 5.74) is 2.52. The first-order chi connectivity index (χ1) is 12.2. The molecule has 0 fully saturated rings. The molecule has 3 rings (SSSR count). The summed E-state index contributed by atoms with van der Waals surface area (Å²) in [6.07, 6.45) is 2.11. The zero-order valence-corrected chi connectivity index (χ0v) is 14.5. The Kier molecular flexibility index (Phi) is 5.36. The van der Waals surface area contributed by atoms with Crippen molar-refractivity contribution in [1.82, 2.24) is 15.1 Å². The molecular weight excluding hydrogens is 338 g/mol. The molecule has 2 aromatic carbocycles. The van der Waals surface area contributed by atoms with E-state index in [9.17, 15) is 4.79 Å². The van der Waals surface area contributed by atoms with Gasteiger partial charge in [0, 0.05) is 11.2 Å².